The Kier molecular flexibility index (Phi) is 4.30. The summed E-state index contributed by atoms with van der Waals surface area (Å²) in [6.07, 6.45) is 9.21. The van der Waals surface area contributed by atoms with Crippen molar-refractivity contribution in [3.63, 3.8) is 0 Å². The fraction of sp³-hybridized carbons (Fsp3) is 0.429. The van der Waals surface area contributed by atoms with Crippen LogP contribution >= 0.6 is 0 Å². The maximum absolute atomic E-state index is 15.5. The molecule has 5 aliphatic rings. The maximum atomic E-state index is 15.5. The van der Waals surface area contributed by atoms with Crippen molar-refractivity contribution in [3.8, 4) is 0 Å². The van der Waals surface area contributed by atoms with Gasteiger partial charge in [0, 0.05) is 18.2 Å². The smallest absolute Gasteiger partial charge is 0.131 e. The molecule has 1 heterocycles. The van der Waals surface area contributed by atoms with Gasteiger partial charge in [0.15, 0.2) is 0 Å². The van der Waals surface area contributed by atoms with Gasteiger partial charge in [-0.15, -0.1) is 0 Å². The van der Waals surface area contributed by atoms with Crippen LogP contribution in [0.15, 0.2) is 48.0 Å². The highest BCUT2D eigenvalue weighted by Gasteiger charge is 2.58. The molecule has 0 radical (unpaired) electrons. The van der Waals surface area contributed by atoms with Gasteiger partial charge in [0.1, 0.15) is 11.6 Å². The van der Waals surface area contributed by atoms with E-state index in [-0.39, 0.29) is 17.6 Å². The fourth-order valence-electron chi connectivity index (χ4n) is 6.80. The second-order valence-corrected chi connectivity index (χ2v) is 10.3. The van der Waals surface area contributed by atoms with E-state index in [1.54, 1.807) is 6.08 Å². The molecule has 31 heavy (non-hydrogen) atoms. The van der Waals surface area contributed by atoms with Crippen LogP contribution in [0, 0.1) is 23.0 Å². The second-order valence-electron chi connectivity index (χ2n) is 10.3. The van der Waals surface area contributed by atoms with E-state index >= 15 is 8.78 Å². The molecule has 1 nitrogen and oxygen atoms in total. The first-order chi connectivity index (χ1) is 15.0. The average Bonchev–Trinajstić information content (AvgIpc) is 3.03. The van der Waals surface area contributed by atoms with Crippen molar-refractivity contribution in [2.45, 2.75) is 58.0 Å². The molecule has 0 spiro atoms. The van der Waals surface area contributed by atoms with Crippen molar-refractivity contribution < 1.29 is 8.78 Å². The first-order valence-corrected chi connectivity index (χ1v) is 11.7. The molecular formula is C28H29F2N. The maximum Gasteiger partial charge on any atom is 0.131 e. The minimum absolute atomic E-state index is 0.242. The molecule has 0 aromatic heterocycles. The third-order valence-electron chi connectivity index (χ3n) is 8.26. The Morgan fingerprint density at radius 2 is 1.81 bits per heavy atom. The van der Waals surface area contributed by atoms with Crippen LogP contribution in [0.2, 0.25) is 0 Å². The van der Waals surface area contributed by atoms with Gasteiger partial charge >= 0.3 is 0 Å². The molecule has 3 saturated carbocycles. The Labute approximate surface area is 183 Å². The summed E-state index contributed by atoms with van der Waals surface area (Å²) in [6.45, 7) is 5.07. The number of hydrogen-bond acceptors (Lipinski definition) is 1. The zero-order valence-electron chi connectivity index (χ0n) is 18.3. The number of allylic oxidation sites excluding steroid dienone is 1. The van der Waals surface area contributed by atoms with Crippen LogP contribution in [0.4, 0.5) is 8.78 Å². The number of hydrogen-bond donors (Lipinski definition) is 0. The molecule has 3 fully saturated rings. The Hall–Kier alpha value is -2.26. The molecule has 2 aromatic carbocycles. The molecule has 2 aromatic rings. The average molecular weight is 418 g/mol. The van der Waals surface area contributed by atoms with E-state index in [4.69, 9.17) is 0 Å². The lowest BCUT2D eigenvalue weighted by Crippen LogP contribution is -2.59. The summed E-state index contributed by atoms with van der Waals surface area (Å²) in [6, 6.07) is 11.4. The summed E-state index contributed by atoms with van der Waals surface area (Å²) in [5, 5.41) is 0. The molecule has 0 saturated heterocycles. The standard InChI is InChI=1S/C28H29F2N/c1-3-6-18-10-24(29)26(25(30)11-18)27-23-12-20-7-4-5-8-21(20)22(23)9-17(2)31(27)16-28-13-19(14-28)15-28/h3-8,10-11,17,19,27H,9,12-16H2,1-2H3/b6-3+/t17-,19?,27-,28?/m1/s1. The summed E-state index contributed by atoms with van der Waals surface area (Å²) >= 11 is 0. The summed E-state index contributed by atoms with van der Waals surface area (Å²) in [7, 11) is 0. The summed E-state index contributed by atoms with van der Waals surface area (Å²) in [5.74, 6) is 0.0628. The Morgan fingerprint density at radius 3 is 2.45 bits per heavy atom. The van der Waals surface area contributed by atoms with Gasteiger partial charge < -0.3 is 0 Å². The summed E-state index contributed by atoms with van der Waals surface area (Å²) < 4.78 is 31.0. The van der Waals surface area contributed by atoms with Crippen LogP contribution in [0.3, 0.4) is 0 Å². The highest BCUT2D eigenvalue weighted by atomic mass is 19.1. The number of nitrogens with zero attached hydrogens (tertiary/aromatic N) is 1. The van der Waals surface area contributed by atoms with Crippen molar-refractivity contribution in [1.82, 2.24) is 4.90 Å². The molecule has 2 atom stereocenters. The third-order valence-corrected chi connectivity index (χ3v) is 8.26. The Balaban J connectivity index is 1.49. The lowest BCUT2D eigenvalue weighted by Gasteiger charge is -2.64. The van der Waals surface area contributed by atoms with Gasteiger partial charge in [-0.25, -0.2) is 8.78 Å². The van der Waals surface area contributed by atoms with Crippen LogP contribution in [0.25, 0.3) is 11.6 Å². The van der Waals surface area contributed by atoms with Crippen LogP contribution < -0.4 is 0 Å². The highest BCUT2D eigenvalue weighted by molar-refractivity contribution is 5.79. The first-order valence-electron chi connectivity index (χ1n) is 11.7. The van der Waals surface area contributed by atoms with E-state index in [0.717, 1.165) is 25.3 Å². The fourth-order valence-corrected chi connectivity index (χ4v) is 6.80. The normalized spacial score (nSPS) is 31.4. The van der Waals surface area contributed by atoms with E-state index < -0.39 is 11.6 Å². The van der Waals surface area contributed by atoms with Crippen LogP contribution in [0.5, 0.6) is 0 Å². The van der Waals surface area contributed by atoms with Gasteiger partial charge in [0.05, 0.1) is 6.04 Å². The molecule has 160 valence electrons. The van der Waals surface area contributed by atoms with Crippen molar-refractivity contribution in [2.75, 3.05) is 6.54 Å². The van der Waals surface area contributed by atoms with Crippen LogP contribution in [-0.4, -0.2) is 17.5 Å². The van der Waals surface area contributed by atoms with E-state index in [0.29, 0.717) is 11.0 Å². The molecule has 1 aliphatic heterocycles. The lowest BCUT2D eigenvalue weighted by atomic mass is 9.44. The number of rotatable bonds is 4. The van der Waals surface area contributed by atoms with Crippen LogP contribution in [-0.2, 0) is 6.42 Å². The van der Waals surface area contributed by atoms with E-state index in [9.17, 15) is 0 Å². The third kappa shape index (κ3) is 2.89. The Bertz CT molecular complexity index is 1090. The molecule has 0 N–H and O–H groups in total. The summed E-state index contributed by atoms with van der Waals surface area (Å²) in [5.41, 5.74) is 6.32. The van der Waals surface area contributed by atoms with Crippen molar-refractivity contribution in [2.24, 2.45) is 11.3 Å². The van der Waals surface area contributed by atoms with Crippen LogP contribution in [0.1, 0.15) is 67.8 Å². The quantitative estimate of drug-likeness (QED) is 0.521. The van der Waals surface area contributed by atoms with Gasteiger partial charge in [0.2, 0.25) is 0 Å². The van der Waals surface area contributed by atoms with E-state index in [2.05, 4.69) is 36.1 Å². The van der Waals surface area contributed by atoms with Crippen molar-refractivity contribution in [1.29, 1.82) is 0 Å². The zero-order valence-corrected chi connectivity index (χ0v) is 18.3. The number of fused-ring (bicyclic) bond motifs is 2. The predicted octanol–water partition coefficient (Wildman–Crippen LogP) is 6.94. The number of halogens is 2. The SMILES string of the molecule is C/C=C/c1cc(F)c([C@H]2C3=C(C[C@@H](C)N2CC24CC(C2)C4)c2ccccc2C3)c(F)c1. The molecule has 0 amide bonds. The second kappa shape index (κ2) is 6.87. The van der Waals surface area contributed by atoms with E-state index in [1.165, 1.54) is 53.7 Å². The first kappa shape index (κ1) is 19.4. The molecule has 3 heteroatoms. The monoisotopic (exact) mass is 417 g/mol. The largest absolute Gasteiger partial charge is 0.289 e. The minimum atomic E-state index is -0.419. The number of benzene rings is 2. The lowest BCUT2D eigenvalue weighted by molar-refractivity contribution is -0.134. The van der Waals surface area contributed by atoms with Gasteiger partial charge in [0.25, 0.3) is 0 Å². The molecular weight excluding hydrogens is 388 g/mol. The molecule has 7 rings (SSSR count). The van der Waals surface area contributed by atoms with Gasteiger partial charge in [-0.3, -0.25) is 4.90 Å². The highest BCUT2D eigenvalue weighted by Crippen LogP contribution is 2.65. The molecule has 4 aliphatic carbocycles. The zero-order chi connectivity index (χ0) is 21.3. The molecule has 2 bridgehead atoms. The van der Waals surface area contributed by atoms with Crippen molar-refractivity contribution in [3.05, 3.63) is 81.9 Å². The van der Waals surface area contributed by atoms with Gasteiger partial charge in [-0.05, 0) is 97.3 Å². The van der Waals surface area contributed by atoms with Crippen molar-refractivity contribution >= 4 is 11.6 Å². The summed E-state index contributed by atoms with van der Waals surface area (Å²) in [4.78, 5) is 2.44. The van der Waals surface area contributed by atoms with Gasteiger partial charge in [-0.2, -0.15) is 0 Å². The van der Waals surface area contributed by atoms with Gasteiger partial charge in [-0.1, -0.05) is 36.4 Å². The van der Waals surface area contributed by atoms with E-state index in [1.807, 2.05) is 13.0 Å². The molecule has 0 unspecified atom stereocenters. The topological polar surface area (TPSA) is 3.24 Å². The predicted molar refractivity (Wildman–Crippen MR) is 121 cm³/mol. The Morgan fingerprint density at radius 1 is 1.10 bits per heavy atom. The minimum Gasteiger partial charge on any atom is -0.289 e.